The highest BCUT2D eigenvalue weighted by Crippen LogP contribution is 2.31. The molecule has 1 unspecified atom stereocenters. The summed E-state index contributed by atoms with van der Waals surface area (Å²) < 4.78 is 18.6. The molecule has 2 aromatic rings. The van der Waals surface area contributed by atoms with Crippen LogP contribution in [0.5, 0.6) is 5.75 Å². The number of hydrogen-bond donors (Lipinski definition) is 2. The van der Waals surface area contributed by atoms with Crippen molar-refractivity contribution in [1.29, 1.82) is 0 Å². The number of amides is 1. The number of ether oxygens (including phenoxy) is 1. The fraction of sp³-hybridized carbons (Fsp3) is 0.235. The van der Waals surface area contributed by atoms with Crippen molar-refractivity contribution in [3.63, 3.8) is 0 Å². The normalized spacial score (nSPS) is 16.2. The van der Waals surface area contributed by atoms with Crippen molar-refractivity contribution >= 4 is 23.2 Å². The minimum atomic E-state index is -0.413. The molecule has 2 aromatic carbocycles. The fourth-order valence-electron chi connectivity index (χ4n) is 2.55. The number of benzene rings is 2. The van der Waals surface area contributed by atoms with Gasteiger partial charge in [-0.25, -0.2) is 4.39 Å². The van der Waals surface area contributed by atoms with Crippen LogP contribution in [-0.2, 0) is 4.79 Å². The number of fused-ring (bicyclic) bond motifs is 1. The number of anilines is 1. The Kier molecular flexibility index (Phi) is 4.67. The Bertz CT molecular complexity index is 723. The molecule has 3 rings (SSSR count). The standard InChI is InChI=1S/C17H16ClFN2O2/c18-13-9-11(19)5-6-15(13)20-10-17(22)21-14-7-8-23-16-4-2-1-3-12(14)16/h1-6,9,14,20H,7-8,10H2,(H,21,22). The number of carbonyl (C=O) groups is 1. The average molecular weight is 335 g/mol. The van der Waals surface area contributed by atoms with Crippen LogP contribution >= 0.6 is 11.6 Å². The number of hydrogen-bond acceptors (Lipinski definition) is 3. The lowest BCUT2D eigenvalue weighted by molar-refractivity contribution is -0.120. The first-order valence-corrected chi connectivity index (χ1v) is 7.71. The predicted molar refractivity (Wildman–Crippen MR) is 87.3 cm³/mol. The molecule has 0 bridgehead atoms. The van der Waals surface area contributed by atoms with E-state index in [1.165, 1.54) is 18.2 Å². The molecular weight excluding hydrogens is 319 g/mol. The van der Waals surface area contributed by atoms with Crippen LogP contribution in [-0.4, -0.2) is 19.1 Å². The van der Waals surface area contributed by atoms with E-state index in [9.17, 15) is 9.18 Å². The van der Waals surface area contributed by atoms with Crippen molar-refractivity contribution in [3.05, 3.63) is 58.9 Å². The van der Waals surface area contributed by atoms with Crippen molar-refractivity contribution in [3.8, 4) is 5.75 Å². The Balaban J connectivity index is 1.60. The lowest BCUT2D eigenvalue weighted by Gasteiger charge is -2.26. The molecule has 4 nitrogen and oxygen atoms in total. The molecule has 0 spiro atoms. The van der Waals surface area contributed by atoms with Gasteiger partial charge in [-0.05, 0) is 24.3 Å². The first kappa shape index (κ1) is 15.6. The number of carbonyl (C=O) groups excluding carboxylic acids is 1. The van der Waals surface area contributed by atoms with Gasteiger partial charge in [0, 0.05) is 12.0 Å². The molecule has 1 aliphatic heterocycles. The minimum absolute atomic E-state index is 0.0604. The summed E-state index contributed by atoms with van der Waals surface area (Å²) in [5, 5.41) is 6.13. The fourth-order valence-corrected chi connectivity index (χ4v) is 2.78. The molecular formula is C17H16ClFN2O2. The van der Waals surface area contributed by atoms with E-state index in [4.69, 9.17) is 16.3 Å². The maximum absolute atomic E-state index is 13.0. The number of nitrogens with one attached hydrogen (secondary N) is 2. The highest BCUT2D eigenvalue weighted by atomic mass is 35.5. The molecule has 0 aromatic heterocycles. The van der Waals surface area contributed by atoms with E-state index in [1.54, 1.807) is 0 Å². The van der Waals surface area contributed by atoms with E-state index in [0.29, 0.717) is 12.3 Å². The molecule has 0 radical (unpaired) electrons. The summed E-state index contributed by atoms with van der Waals surface area (Å²) in [5.41, 5.74) is 1.50. The van der Waals surface area contributed by atoms with Gasteiger partial charge in [-0.3, -0.25) is 4.79 Å². The van der Waals surface area contributed by atoms with Crippen molar-refractivity contribution < 1.29 is 13.9 Å². The number of rotatable bonds is 4. The Labute approximate surface area is 138 Å². The first-order valence-electron chi connectivity index (χ1n) is 7.33. The van der Waals surface area contributed by atoms with Gasteiger partial charge in [0.2, 0.25) is 5.91 Å². The monoisotopic (exact) mass is 334 g/mol. The summed E-state index contributed by atoms with van der Waals surface area (Å²) in [4.78, 5) is 12.1. The van der Waals surface area contributed by atoms with Crippen LogP contribution in [0.25, 0.3) is 0 Å². The van der Waals surface area contributed by atoms with Gasteiger partial charge in [-0.15, -0.1) is 0 Å². The third-order valence-electron chi connectivity index (χ3n) is 3.66. The molecule has 0 aliphatic carbocycles. The van der Waals surface area contributed by atoms with Gasteiger partial charge in [0.15, 0.2) is 0 Å². The third kappa shape index (κ3) is 3.74. The summed E-state index contributed by atoms with van der Waals surface area (Å²) in [6.07, 6.45) is 0.722. The second kappa shape index (κ2) is 6.87. The minimum Gasteiger partial charge on any atom is -0.493 e. The van der Waals surface area contributed by atoms with Crippen LogP contribution in [0.2, 0.25) is 5.02 Å². The average Bonchev–Trinajstić information content (AvgIpc) is 2.54. The summed E-state index contributed by atoms with van der Waals surface area (Å²) in [6.45, 7) is 0.629. The van der Waals surface area contributed by atoms with E-state index >= 15 is 0 Å². The third-order valence-corrected chi connectivity index (χ3v) is 3.98. The van der Waals surface area contributed by atoms with Crippen LogP contribution in [0.3, 0.4) is 0 Å². The molecule has 0 fully saturated rings. The largest absolute Gasteiger partial charge is 0.493 e. The lowest BCUT2D eigenvalue weighted by atomic mass is 10.0. The topological polar surface area (TPSA) is 50.4 Å². The Morgan fingerprint density at radius 3 is 2.96 bits per heavy atom. The van der Waals surface area contributed by atoms with E-state index in [1.807, 2.05) is 24.3 Å². The summed E-state index contributed by atoms with van der Waals surface area (Å²) in [6, 6.07) is 11.6. The van der Waals surface area contributed by atoms with Crippen molar-refractivity contribution in [1.82, 2.24) is 5.32 Å². The molecule has 1 amide bonds. The van der Waals surface area contributed by atoms with Gasteiger partial charge in [-0.1, -0.05) is 29.8 Å². The van der Waals surface area contributed by atoms with Crippen molar-refractivity contribution in [2.75, 3.05) is 18.5 Å². The molecule has 0 saturated heterocycles. The molecule has 1 aliphatic rings. The highest BCUT2D eigenvalue weighted by molar-refractivity contribution is 6.33. The summed E-state index contributed by atoms with van der Waals surface area (Å²) in [7, 11) is 0. The van der Waals surface area contributed by atoms with Crippen LogP contribution in [0.1, 0.15) is 18.0 Å². The van der Waals surface area contributed by atoms with Gasteiger partial charge in [-0.2, -0.15) is 0 Å². The van der Waals surface area contributed by atoms with Crippen molar-refractivity contribution in [2.45, 2.75) is 12.5 Å². The van der Waals surface area contributed by atoms with E-state index in [-0.39, 0.29) is 23.5 Å². The van der Waals surface area contributed by atoms with Crippen molar-refractivity contribution in [2.24, 2.45) is 0 Å². The quantitative estimate of drug-likeness (QED) is 0.899. The van der Waals surface area contributed by atoms with Crippen LogP contribution in [0.15, 0.2) is 42.5 Å². The maximum atomic E-state index is 13.0. The van der Waals surface area contributed by atoms with Gasteiger partial charge >= 0.3 is 0 Å². The molecule has 1 atom stereocenters. The molecule has 1 heterocycles. The molecule has 2 N–H and O–H groups in total. The summed E-state index contributed by atoms with van der Waals surface area (Å²) >= 11 is 5.92. The second-order valence-corrected chi connectivity index (χ2v) is 5.68. The SMILES string of the molecule is O=C(CNc1ccc(F)cc1Cl)NC1CCOc2ccccc21. The zero-order valence-corrected chi connectivity index (χ0v) is 13.1. The van der Waals surface area contributed by atoms with Gasteiger partial charge < -0.3 is 15.4 Å². The first-order chi connectivity index (χ1) is 11.1. The van der Waals surface area contributed by atoms with Gasteiger partial charge in [0.05, 0.1) is 29.9 Å². The van der Waals surface area contributed by atoms with E-state index in [2.05, 4.69) is 10.6 Å². The molecule has 6 heteroatoms. The van der Waals surface area contributed by atoms with Gasteiger partial charge in [0.1, 0.15) is 11.6 Å². The van der Waals surface area contributed by atoms with Gasteiger partial charge in [0.25, 0.3) is 0 Å². The van der Waals surface area contributed by atoms with Crippen LogP contribution in [0.4, 0.5) is 10.1 Å². The zero-order chi connectivity index (χ0) is 16.2. The predicted octanol–water partition coefficient (Wildman–Crippen LogP) is 3.53. The molecule has 23 heavy (non-hydrogen) atoms. The molecule has 0 saturated carbocycles. The summed E-state index contributed by atoms with van der Waals surface area (Å²) in [5.74, 6) is 0.231. The number of halogens is 2. The number of para-hydroxylation sites is 1. The Hall–Kier alpha value is -2.27. The zero-order valence-electron chi connectivity index (χ0n) is 12.3. The Morgan fingerprint density at radius 2 is 2.13 bits per heavy atom. The molecule has 120 valence electrons. The maximum Gasteiger partial charge on any atom is 0.239 e. The van der Waals surface area contributed by atoms with Crippen LogP contribution in [0, 0.1) is 5.82 Å². The lowest BCUT2D eigenvalue weighted by Crippen LogP contribution is -2.35. The van der Waals surface area contributed by atoms with Crippen LogP contribution < -0.4 is 15.4 Å². The highest BCUT2D eigenvalue weighted by Gasteiger charge is 2.22. The van der Waals surface area contributed by atoms with E-state index < -0.39 is 5.82 Å². The smallest absolute Gasteiger partial charge is 0.239 e. The Morgan fingerprint density at radius 1 is 1.30 bits per heavy atom. The second-order valence-electron chi connectivity index (χ2n) is 5.27. The van der Waals surface area contributed by atoms with E-state index in [0.717, 1.165) is 17.7 Å².